The molecule has 7 nitrogen and oxygen atoms in total. The first-order valence-electron chi connectivity index (χ1n) is 9.86. The normalized spacial score (nSPS) is 17.9. The molecule has 2 aliphatic rings. The quantitative estimate of drug-likeness (QED) is 0.552. The summed E-state index contributed by atoms with van der Waals surface area (Å²) in [7, 11) is 0. The van der Waals surface area contributed by atoms with E-state index in [1.54, 1.807) is 11.8 Å². The number of esters is 1. The molecule has 0 saturated carbocycles. The van der Waals surface area contributed by atoms with Crippen molar-refractivity contribution in [2.75, 3.05) is 24.7 Å². The maximum Gasteiger partial charge on any atom is 0.338 e. The van der Waals surface area contributed by atoms with Gasteiger partial charge in [0.2, 0.25) is 5.91 Å². The van der Waals surface area contributed by atoms with Crippen LogP contribution in [0.25, 0.3) is 0 Å². The molecule has 0 saturated heterocycles. The molecule has 0 spiro atoms. The summed E-state index contributed by atoms with van der Waals surface area (Å²) in [5.74, 6) is -0.829. The average molecular weight is 438 g/mol. The van der Waals surface area contributed by atoms with Crippen molar-refractivity contribution in [3.8, 4) is 0 Å². The minimum absolute atomic E-state index is 0.0299. The van der Waals surface area contributed by atoms with E-state index in [4.69, 9.17) is 4.74 Å². The summed E-state index contributed by atoms with van der Waals surface area (Å²) < 4.78 is 5.22. The first kappa shape index (κ1) is 21.0. The number of nitrogens with zero attached hydrogens (tertiary/aromatic N) is 1. The Kier molecular flexibility index (Phi) is 5.73. The average Bonchev–Trinajstić information content (AvgIpc) is 3.13. The molecule has 2 aliphatic heterocycles. The van der Waals surface area contributed by atoms with Gasteiger partial charge >= 0.3 is 12.0 Å². The number of aryl methyl sites for hydroxylation is 2. The summed E-state index contributed by atoms with van der Waals surface area (Å²) in [6.07, 6.45) is 1.98. The lowest BCUT2D eigenvalue weighted by Gasteiger charge is -2.32. The van der Waals surface area contributed by atoms with E-state index in [-0.39, 0.29) is 19.1 Å². The Morgan fingerprint density at radius 2 is 1.94 bits per heavy atom. The van der Waals surface area contributed by atoms with E-state index in [9.17, 15) is 14.4 Å². The first-order chi connectivity index (χ1) is 14.9. The zero-order chi connectivity index (χ0) is 22.1. The molecule has 2 heterocycles. The zero-order valence-electron chi connectivity index (χ0n) is 17.5. The number of amides is 3. The number of ether oxygens (including phenoxy) is 1. The smallest absolute Gasteiger partial charge is 0.338 e. The van der Waals surface area contributed by atoms with Gasteiger partial charge in [-0.3, -0.25) is 9.69 Å². The molecule has 0 aromatic heterocycles. The Bertz CT molecular complexity index is 1090. The number of benzene rings is 2. The third-order valence-electron chi connectivity index (χ3n) is 5.41. The summed E-state index contributed by atoms with van der Waals surface area (Å²) in [5, 5.41) is 5.69. The monoisotopic (exact) mass is 437 g/mol. The molecular formula is C23H23N3O4S. The van der Waals surface area contributed by atoms with E-state index >= 15 is 0 Å². The van der Waals surface area contributed by atoms with Crippen LogP contribution in [0, 0.1) is 13.8 Å². The van der Waals surface area contributed by atoms with Gasteiger partial charge in [-0.25, -0.2) is 9.59 Å². The predicted molar refractivity (Wildman–Crippen MR) is 119 cm³/mol. The Labute approximate surface area is 184 Å². The molecule has 4 rings (SSSR count). The summed E-state index contributed by atoms with van der Waals surface area (Å²) in [6.45, 7) is 3.64. The number of cyclic esters (lactones) is 1. The van der Waals surface area contributed by atoms with Crippen LogP contribution in [0.1, 0.15) is 22.7 Å². The number of urea groups is 1. The van der Waals surface area contributed by atoms with Crippen LogP contribution in [0.2, 0.25) is 0 Å². The van der Waals surface area contributed by atoms with Gasteiger partial charge in [0, 0.05) is 10.6 Å². The van der Waals surface area contributed by atoms with Gasteiger partial charge in [-0.1, -0.05) is 29.8 Å². The summed E-state index contributed by atoms with van der Waals surface area (Å²) in [5.41, 5.74) is 4.31. The summed E-state index contributed by atoms with van der Waals surface area (Å²) >= 11 is 1.61. The molecule has 160 valence electrons. The fourth-order valence-electron chi connectivity index (χ4n) is 3.81. The predicted octanol–water partition coefficient (Wildman–Crippen LogP) is 3.54. The molecule has 31 heavy (non-hydrogen) atoms. The van der Waals surface area contributed by atoms with Crippen molar-refractivity contribution < 1.29 is 19.1 Å². The second-order valence-corrected chi connectivity index (χ2v) is 8.42. The number of rotatable bonds is 5. The second-order valence-electron chi connectivity index (χ2n) is 7.54. The Hall–Kier alpha value is -3.26. The molecule has 2 aromatic rings. The molecule has 1 atom stereocenters. The van der Waals surface area contributed by atoms with Crippen molar-refractivity contribution in [2.45, 2.75) is 24.8 Å². The van der Waals surface area contributed by atoms with E-state index in [0.29, 0.717) is 17.0 Å². The second kappa shape index (κ2) is 8.47. The molecule has 2 N–H and O–H groups in total. The van der Waals surface area contributed by atoms with E-state index in [0.717, 1.165) is 21.6 Å². The Morgan fingerprint density at radius 3 is 2.61 bits per heavy atom. The maximum absolute atomic E-state index is 12.9. The van der Waals surface area contributed by atoms with Gasteiger partial charge in [-0.15, -0.1) is 11.8 Å². The lowest BCUT2D eigenvalue weighted by molar-refractivity contribution is -0.136. The number of hydrogen-bond donors (Lipinski definition) is 2. The highest BCUT2D eigenvalue weighted by Gasteiger charge is 2.42. The number of anilines is 1. The van der Waals surface area contributed by atoms with Crippen LogP contribution in [0.4, 0.5) is 10.5 Å². The number of hydrogen-bond acceptors (Lipinski definition) is 5. The van der Waals surface area contributed by atoms with Crippen LogP contribution in [0.5, 0.6) is 0 Å². The highest BCUT2D eigenvalue weighted by molar-refractivity contribution is 7.98. The Morgan fingerprint density at radius 1 is 1.19 bits per heavy atom. The van der Waals surface area contributed by atoms with Crippen LogP contribution >= 0.6 is 11.8 Å². The highest BCUT2D eigenvalue weighted by atomic mass is 32.2. The van der Waals surface area contributed by atoms with Gasteiger partial charge in [0.15, 0.2) is 0 Å². The van der Waals surface area contributed by atoms with Crippen LogP contribution in [0.15, 0.2) is 58.6 Å². The van der Waals surface area contributed by atoms with E-state index in [1.165, 1.54) is 4.90 Å². The van der Waals surface area contributed by atoms with Gasteiger partial charge in [0.05, 0.1) is 17.3 Å². The van der Waals surface area contributed by atoms with Crippen molar-refractivity contribution in [3.63, 3.8) is 0 Å². The number of nitrogens with one attached hydrogen (secondary N) is 2. The molecule has 0 unspecified atom stereocenters. The van der Waals surface area contributed by atoms with Crippen molar-refractivity contribution in [3.05, 3.63) is 70.4 Å². The molecular weight excluding hydrogens is 414 g/mol. The van der Waals surface area contributed by atoms with Crippen LogP contribution in [-0.2, 0) is 14.3 Å². The van der Waals surface area contributed by atoms with E-state index in [1.807, 2.05) is 62.6 Å². The first-order valence-corrected chi connectivity index (χ1v) is 11.1. The highest BCUT2D eigenvalue weighted by Crippen LogP contribution is 2.35. The molecule has 8 heteroatoms. The number of carbonyl (C=O) groups is 3. The molecule has 3 amide bonds. The van der Waals surface area contributed by atoms with Gasteiger partial charge in [-0.05, 0) is 49.4 Å². The molecule has 0 radical (unpaired) electrons. The Balaban J connectivity index is 1.58. The van der Waals surface area contributed by atoms with Crippen molar-refractivity contribution in [1.29, 1.82) is 0 Å². The van der Waals surface area contributed by atoms with Gasteiger partial charge in [-0.2, -0.15) is 0 Å². The van der Waals surface area contributed by atoms with Gasteiger partial charge in [0.1, 0.15) is 13.2 Å². The standard InChI is InChI=1S/C23H23N3O4S/c1-13-4-9-17(14(2)10-13)24-19(27)11-26-18-12-30-22(28)20(18)21(25-23(26)29)15-5-7-16(31-3)8-6-15/h4-10,21H,11-12H2,1-3H3,(H,24,27)(H,25,29)/t21-/m0/s1. The topological polar surface area (TPSA) is 87.7 Å². The van der Waals surface area contributed by atoms with Gasteiger partial charge in [0.25, 0.3) is 0 Å². The maximum atomic E-state index is 12.9. The third-order valence-corrected chi connectivity index (χ3v) is 6.15. The van der Waals surface area contributed by atoms with Crippen molar-refractivity contribution >= 4 is 35.4 Å². The van der Waals surface area contributed by atoms with Crippen LogP contribution in [0.3, 0.4) is 0 Å². The lowest BCUT2D eigenvalue weighted by Crippen LogP contribution is -2.49. The largest absolute Gasteiger partial charge is 0.456 e. The van der Waals surface area contributed by atoms with E-state index < -0.39 is 18.0 Å². The van der Waals surface area contributed by atoms with Crippen LogP contribution < -0.4 is 10.6 Å². The fraction of sp³-hybridized carbons (Fsp3) is 0.261. The SMILES string of the molecule is CSc1ccc([C@@H]2NC(=O)N(CC(=O)Nc3ccc(C)cc3C)C3=C2C(=O)OC3)cc1. The number of thioether (sulfide) groups is 1. The molecule has 0 aliphatic carbocycles. The van der Waals surface area contributed by atoms with E-state index in [2.05, 4.69) is 10.6 Å². The van der Waals surface area contributed by atoms with Gasteiger partial charge < -0.3 is 15.4 Å². The minimum Gasteiger partial charge on any atom is -0.456 e. The van der Waals surface area contributed by atoms with Crippen molar-refractivity contribution in [1.82, 2.24) is 10.2 Å². The summed E-state index contributed by atoms with van der Waals surface area (Å²) in [6, 6.07) is 12.3. The van der Waals surface area contributed by atoms with Crippen LogP contribution in [-0.4, -0.2) is 42.2 Å². The molecule has 2 aromatic carbocycles. The minimum atomic E-state index is -0.605. The fourth-order valence-corrected chi connectivity index (χ4v) is 4.22. The lowest BCUT2D eigenvalue weighted by atomic mass is 9.96. The molecule has 0 bridgehead atoms. The third kappa shape index (κ3) is 4.16. The van der Waals surface area contributed by atoms with Crippen molar-refractivity contribution in [2.24, 2.45) is 0 Å². The summed E-state index contributed by atoms with van der Waals surface area (Å²) in [4.78, 5) is 40.4. The number of carbonyl (C=O) groups excluding carboxylic acids is 3. The molecule has 0 fully saturated rings. The zero-order valence-corrected chi connectivity index (χ0v) is 18.3.